The van der Waals surface area contributed by atoms with E-state index in [1.807, 2.05) is 42.5 Å². The molecule has 0 unspecified atom stereocenters. The van der Waals surface area contributed by atoms with Crippen LogP contribution < -0.4 is 14.4 Å². The van der Waals surface area contributed by atoms with E-state index in [0.29, 0.717) is 23.5 Å². The molecule has 0 spiro atoms. The fourth-order valence-electron chi connectivity index (χ4n) is 3.78. The normalized spacial score (nSPS) is 12.8. The number of esters is 1. The van der Waals surface area contributed by atoms with Gasteiger partial charge in [-0.25, -0.2) is 0 Å². The molecule has 0 atom stereocenters. The molecule has 0 N–H and O–H groups in total. The molecule has 7 nitrogen and oxygen atoms in total. The first kappa shape index (κ1) is 22.3. The zero-order chi connectivity index (χ0) is 23.2. The molecule has 0 fully saturated rings. The highest BCUT2D eigenvalue weighted by Crippen LogP contribution is 2.33. The van der Waals surface area contributed by atoms with Gasteiger partial charge in [0.15, 0.2) is 12.4 Å². The van der Waals surface area contributed by atoms with Crippen molar-refractivity contribution in [2.75, 3.05) is 31.3 Å². The zero-order valence-corrected chi connectivity index (χ0v) is 18.4. The van der Waals surface area contributed by atoms with Crippen LogP contribution in [0.4, 0.5) is 5.69 Å². The molecule has 3 aromatic rings. The Balaban J connectivity index is 1.46. The number of nitrogens with zero attached hydrogens (tertiary/aromatic N) is 1. The van der Waals surface area contributed by atoms with Crippen LogP contribution in [0, 0.1) is 0 Å². The van der Waals surface area contributed by atoms with Gasteiger partial charge >= 0.3 is 5.97 Å². The third kappa shape index (κ3) is 5.14. The number of amides is 1. The van der Waals surface area contributed by atoms with Gasteiger partial charge in [0.1, 0.15) is 18.1 Å². The van der Waals surface area contributed by atoms with Gasteiger partial charge in [0.25, 0.3) is 5.91 Å². The van der Waals surface area contributed by atoms with Crippen LogP contribution in [0.15, 0.2) is 60.7 Å². The Labute approximate surface area is 191 Å². The second-order valence-electron chi connectivity index (χ2n) is 7.57. The molecule has 0 bridgehead atoms. The molecule has 7 heteroatoms. The minimum absolute atomic E-state index is 0.0156. The van der Waals surface area contributed by atoms with Crippen molar-refractivity contribution in [1.29, 1.82) is 0 Å². The molecular weight excluding hydrogens is 422 g/mol. The third-order valence-electron chi connectivity index (χ3n) is 5.41. The van der Waals surface area contributed by atoms with E-state index in [1.54, 1.807) is 30.0 Å². The average Bonchev–Trinajstić information content (AvgIpc) is 2.84. The van der Waals surface area contributed by atoms with Crippen molar-refractivity contribution in [3.63, 3.8) is 0 Å². The summed E-state index contributed by atoms with van der Waals surface area (Å²) in [7, 11) is 0. The van der Waals surface area contributed by atoms with Crippen LogP contribution in [0.5, 0.6) is 11.5 Å². The predicted molar refractivity (Wildman–Crippen MR) is 124 cm³/mol. The summed E-state index contributed by atoms with van der Waals surface area (Å²) >= 11 is 0. The van der Waals surface area contributed by atoms with Crippen molar-refractivity contribution >= 4 is 34.1 Å². The maximum Gasteiger partial charge on any atom is 0.306 e. The Bertz CT molecular complexity index is 1180. The number of carbonyl (C=O) groups excluding carboxylic acids is 3. The predicted octanol–water partition coefficient (Wildman–Crippen LogP) is 4.17. The van der Waals surface area contributed by atoms with Gasteiger partial charge in [-0.1, -0.05) is 36.4 Å². The Morgan fingerprint density at radius 1 is 1.03 bits per heavy atom. The molecule has 1 amide bonds. The van der Waals surface area contributed by atoms with E-state index in [1.165, 1.54) is 0 Å². The van der Waals surface area contributed by atoms with E-state index in [0.717, 1.165) is 16.5 Å². The fourth-order valence-corrected chi connectivity index (χ4v) is 3.78. The molecule has 1 heterocycles. The van der Waals surface area contributed by atoms with Gasteiger partial charge in [-0.15, -0.1) is 0 Å². The number of carbonyl (C=O) groups is 3. The lowest BCUT2D eigenvalue weighted by atomic mass is 10.0. The molecular formula is C26H25NO6. The minimum Gasteiger partial charge on any atom is -0.491 e. The number of hydrogen-bond acceptors (Lipinski definition) is 6. The Kier molecular flexibility index (Phi) is 6.88. The average molecular weight is 447 g/mol. The number of fused-ring (bicyclic) bond motifs is 2. The smallest absolute Gasteiger partial charge is 0.306 e. The summed E-state index contributed by atoms with van der Waals surface area (Å²) in [5.41, 5.74) is 0.936. The molecule has 3 aromatic carbocycles. The molecule has 1 aliphatic rings. The Hall–Kier alpha value is -3.87. The first-order chi connectivity index (χ1) is 16.1. The highest BCUT2D eigenvalue weighted by molar-refractivity contribution is 6.02. The van der Waals surface area contributed by atoms with Gasteiger partial charge in [0, 0.05) is 17.4 Å². The Morgan fingerprint density at radius 3 is 2.70 bits per heavy atom. The third-order valence-corrected chi connectivity index (χ3v) is 5.41. The van der Waals surface area contributed by atoms with Crippen LogP contribution >= 0.6 is 0 Å². The number of hydrogen-bond donors (Lipinski definition) is 0. The fraction of sp³-hybridized carbons (Fsp3) is 0.269. The van der Waals surface area contributed by atoms with Crippen LogP contribution in [-0.2, 0) is 14.3 Å². The maximum absolute atomic E-state index is 12.6. The number of ketones is 1. The van der Waals surface area contributed by atoms with Crippen LogP contribution in [-0.4, -0.2) is 44.0 Å². The van der Waals surface area contributed by atoms with Gasteiger partial charge in [0.2, 0.25) is 0 Å². The molecule has 0 aliphatic carbocycles. The highest BCUT2D eigenvalue weighted by Gasteiger charge is 2.26. The first-order valence-electron chi connectivity index (χ1n) is 10.9. The summed E-state index contributed by atoms with van der Waals surface area (Å²) < 4.78 is 16.4. The largest absolute Gasteiger partial charge is 0.491 e. The molecule has 4 rings (SSSR count). The van der Waals surface area contributed by atoms with Crippen LogP contribution in [0.25, 0.3) is 10.8 Å². The summed E-state index contributed by atoms with van der Waals surface area (Å²) in [6.07, 6.45) is 0.0540. The monoisotopic (exact) mass is 447 g/mol. The van der Waals surface area contributed by atoms with Crippen molar-refractivity contribution in [2.24, 2.45) is 0 Å². The highest BCUT2D eigenvalue weighted by atomic mass is 16.5. The number of ether oxygens (including phenoxy) is 3. The van der Waals surface area contributed by atoms with Crippen molar-refractivity contribution in [1.82, 2.24) is 0 Å². The van der Waals surface area contributed by atoms with Crippen molar-refractivity contribution < 1.29 is 28.6 Å². The summed E-state index contributed by atoms with van der Waals surface area (Å²) in [5.74, 6) is 0.462. The number of benzene rings is 3. The van der Waals surface area contributed by atoms with Crippen molar-refractivity contribution in [3.8, 4) is 11.5 Å². The lowest BCUT2D eigenvalue weighted by Gasteiger charge is -2.29. The molecule has 33 heavy (non-hydrogen) atoms. The van der Waals surface area contributed by atoms with Gasteiger partial charge in [0.05, 0.1) is 25.3 Å². The van der Waals surface area contributed by atoms with E-state index in [-0.39, 0.29) is 44.4 Å². The van der Waals surface area contributed by atoms with E-state index in [4.69, 9.17) is 14.2 Å². The topological polar surface area (TPSA) is 82.1 Å². The zero-order valence-electron chi connectivity index (χ0n) is 18.4. The number of Topliss-reactive ketones (excluding diaryl/α,β-unsaturated/α-hetero) is 1. The first-order valence-corrected chi connectivity index (χ1v) is 10.9. The van der Waals surface area contributed by atoms with Gasteiger partial charge < -0.3 is 19.1 Å². The van der Waals surface area contributed by atoms with E-state index in [9.17, 15) is 14.4 Å². The standard InChI is InChI=1S/C26H25NO6/c1-2-31-26(30)13-11-22(28)19-10-12-24-21(16-19)27(25(29)17-33-24)14-15-32-23-9-5-7-18-6-3-4-8-20(18)23/h3-10,12,16H,2,11,13-15,17H2,1H3. The van der Waals surface area contributed by atoms with Gasteiger partial charge in [-0.05, 0) is 36.6 Å². The molecule has 1 aliphatic heterocycles. The minimum atomic E-state index is -0.408. The number of rotatable bonds is 9. The SMILES string of the molecule is CCOC(=O)CCC(=O)c1ccc2c(c1)N(CCOc1cccc3ccccc13)C(=O)CO2. The summed E-state index contributed by atoms with van der Waals surface area (Å²) in [4.78, 5) is 38.3. The van der Waals surface area contributed by atoms with Crippen molar-refractivity contribution in [3.05, 3.63) is 66.2 Å². The maximum atomic E-state index is 12.6. The lowest BCUT2D eigenvalue weighted by Crippen LogP contribution is -2.41. The summed E-state index contributed by atoms with van der Waals surface area (Å²) in [6.45, 7) is 2.51. The molecule has 0 aromatic heterocycles. The Morgan fingerprint density at radius 2 is 1.85 bits per heavy atom. The number of anilines is 1. The van der Waals surface area contributed by atoms with E-state index >= 15 is 0 Å². The van der Waals surface area contributed by atoms with Gasteiger partial charge in [-0.2, -0.15) is 0 Å². The van der Waals surface area contributed by atoms with Gasteiger partial charge in [-0.3, -0.25) is 14.4 Å². The lowest BCUT2D eigenvalue weighted by molar-refractivity contribution is -0.143. The quantitative estimate of drug-likeness (QED) is 0.362. The molecule has 0 saturated heterocycles. The van der Waals surface area contributed by atoms with Crippen LogP contribution in [0.2, 0.25) is 0 Å². The van der Waals surface area contributed by atoms with Crippen LogP contribution in [0.3, 0.4) is 0 Å². The molecule has 170 valence electrons. The summed E-state index contributed by atoms with van der Waals surface area (Å²) in [6, 6.07) is 18.8. The summed E-state index contributed by atoms with van der Waals surface area (Å²) in [5, 5.41) is 2.08. The second kappa shape index (κ2) is 10.2. The second-order valence-corrected chi connectivity index (χ2v) is 7.57. The van der Waals surface area contributed by atoms with Crippen LogP contribution in [0.1, 0.15) is 30.1 Å². The van der Waals surface area contributed by atoms with Crippen molar-refractivity contribution in [2.45, 2.75) is 19.8 Å². The molecule has 0 radical (unpaired) electrons. The van der Waals surface area contributed by atoms with E-state index < -0.39 is 5.97 Å². The van der Waals surface area contributed by atoms with E-state index in [2.05, 4.69) is 0 Å². The molecule has 0 saturated carbocycles.